The van der Waals surface area contributed by atoms with Gasteiger partial charge in [-0.15, -0.1) is 22.7 Å². The third-order valence-electron chi connectivity index (χ3n) is 3.88. The van der Waals surface area contributed by atoms with Crippen molar-refractivity contribution in [3.63, 3.8) is 0 Å². The van der Waals surface area contributed by atoms with Crippen LogP contribution in [0.2, 0.25) is 0 Å². The number of thiophene rings is 1. The van der Waals surface area contributed by atoms with Gasteiger partial charge >= 0.3 is 0 Å². The second-order valence-electron chi connectivity index (χ2n) is 5.76. The first-order valence-corrected chi connectivity index (χ1v) is 10.2. The van der Waals surface area contributed by atoms with Gasteiger partial charge in [-0.1, -0.05) is 18.2 Å². The van der Waals surface area contributed by atoms with E-state index in [1.54, 1.807) is 12.1 Å². The Hall–Kier alpha value is -3.06. The average molecular weight is 429 g/mol. The fourth-order valence-corrected chi connectivity index (χ4v) is 4.37. The van der Waals surface area contributed by atoms with E-state index in [4.69, 9.17) is 4.74 Å². The third kappa shape index (κ3) is 4.51. The summed E-state index contributed by atoms with van der Waals surface area (Å²) < 4.78 is 20.8. The zero-order valence-corrected chi connectivity index (χ0v) is 17.0. The van der Waals surface area contributed by atoms with Crippen molar-refractivity contribution in [2.24, 2.45) is 0 Å². The molecule has 1 aromatic carbocycles. The van der Waals surface area contributed by atoms with E-state index in [1.165, 1.54) is 36.6 Å². The van der Waals surface area contributed by atoms with Crippen molar-refractivity contribution >= 4 is 40.2 Å². The van der Waals surface area contributed by atoms with Crippen LogP contribution < -0.4 is 20.1 Å². The summed E-state index contributed by atoms with van der Waals surface area (Å²) in [6, 6.07) is 11.3. The largest absolute Gasteiger partial charge is 0.383 e. The highest BCUT2D eigenvalue weighted by atomic mass is 32.1. The number of para-hydroxylation sites is 1. The number of nitriles is 1. The van der Waals surface area contributed by atoms with Crippen molar-refractivity contribution in [1.82, 2.24) is 9.88 Å². The maximum absolute atomic E-state index is 14.5. The predicted octanol–water partition coefficient (Wildman–Crippen LogP) is 1.37. The van der Waals surface area contributed by atoms with E-state index in [0.29, 0.717) is 4.53 Å². The lowest BCUT2D eigenvalue weighted by Crippen LogP contribution is -2.35. The lowest BCUT2D eigenvalue weighted by Gasteiger charge is -2.06. The number of carbonyl (C=O) groups excluding carboxylic acids is 1. The third-order valence-corrected chi connectivity index (χ3v) is 5.79. The van der Waals surface area contributed by atoms with E-state index in [0.717, 1.165) is 20.8 Å². The van der Waals surface area contributed by atoms with E-state index in [2.05, 4.69) is 5.32 Å². The molecule has 0 bridgehead atoms. The molecule has 3 rings (SSSR count). The quantitative estimate of drug-likeness (QED) is 0.600. The van der Waals surface area contributed by atoms with Crippen LogP contribution in [0.15, 0.2) is 46.6 Å². The molecule has 0 aliphatic carbocycles. The number of nitrogens with one attached hydrogen (secondary N) is 1. The first kappa shape index (κ1) is 20.7. The number of benzene rings is 1. The summed E-state index contributed by atoms with van der Waals surface area (Å²) in [6.45, 7) is 0.469. The molecule has 0 radical (unpaired) electrons. The molecular formula is C20H16FN3O3S2. The van der Waals surface area contributed by atoms with Gasteiger partial charge in [-0.3, -0.25) is 14.2 Å². The first-order chi connectivity index (χ1) is 14.1. The standard InChI is InChI=1S/C20H16FN3O3S2/c1-27-9-8-23-18(25)14(12-22)20-24(16-7-3-2-6-15(16)21)19(26)17(29-20)11-13-5-4-10-28-13/h2-7,10-11H,8-9H2,1H3,(H,23,25)/b17-11-,20-14-. The number of thiazole rings is 1. The van der Waals surface area contributed by atoms with Crippen LogP contribution in [0.25, 0.3) is 17.3 Å². The Morgan fingerprint density at radius 1 is 1.34 bits per heavy atom. The number of hydrogen-bond donors (Lipinski definition) is 1. The Morgan fingerprint density at radius 2 is 2.14 bits per heavy atom. The molecule has 6 nitrogen and oxygen atoms in total. The number of rotatable bonds is 6. The molecule has 2 aromatic heterocycles. The van der Waals surface area contributed by atoms with Gasteiger partial charge in [0.1, 0.15) is 16.5 Å². The van der Waals surface area contributed by atoms with Crippen molar-refractivity contribution < 1.29 is 13.9 Å². The zero-order valence-electron chi connectivity index (χ0n) is 15.3. The summed E-state index contributed by atoms with van der Waals surface area (Å²) in [5.41, 5.74) is -0.787. The van der Waals surface area contributed by atoms with Crippen molar-refractivity contribution in [1.29, 1.82) is 5.26 Å². The fraction of sp³-hybridized carbons (Fsp3) is 0.150. The predicted molar refractivity (Wildman–Crippen MR) is 111 cm³/mol. The lowest BCUT2D eigenvalue weighted by atomic mass is 10.2. The molecule has 0 aliphatic rings. The maximum atomic E-state index is 14.5. The molecule has 0 saturated heterocycles. The Morgan fingerprint density at radius 3 is 2.79 bits per heavy atom. The van der Waals surface area contributed by atoms with Crippen molar-refractivity contribution in [2.45, 2.75) is 0 Å². The number of amides is 1. The minimum absolute atomic E-state index is 0.0213. The van der Waals surface area contributed by atoms with Crippen LogP contribution in [0.3, 0.4) is 0 Å². The van der Waals surface area contributed by atoms with Gasteiger partial charge in [-0.25, -0.2) is 4.39 Å². The van der Waals surface area contributed by atoms with Crippen LogP contribution in [0.1, 0.15) is 4.88 Å². The van der Waals surface area contributed by atoms with Crippen LogP contribution in [-0.2, 0) is 9.53 Å². The Balaban J connectivity index is 2.30. The highest BCUT2D eigenvalue weighted by Crippen LogP contribution is 2.11. The molecule has 0 aliphatic heterocycles. The molecule has 0 spiro atoms. The fourth-order valence-electron chi connectivity index (χ4n) is 2.56. The molecule has 9 heteroatoms. The average Bonchev–Trinajstić information content (AvgIpc) is 3.32. The molecule has 0 unspecified atom stereocenters. The topological polar surface area (TPSA) is 84.1 Å². The number of ether oxygens (including phenoxy) is 1. The van der Waals surface area contributed by atoms with E-state index in [-0.39, 0.29) is 29.1 Å². The molecule has 1 N–H and O–H groups in total. The Labute approximate surface area is 173 Å². The van der Waals surface area contributed by atoms with Crippen molar-refractivity contribution in [3.05, 3.63) is 72.0 Å². The Bertz CT molecular complexity index is 1240. The molecule has 29 heavy (non-hydrogen) atoms. The number of halogens is 1. The number of hydrogen-bond acceptors (Lipinski definition) is 6. The van der Waals surface area contributed by atoms with Crippen molar-refractivity contribution in [3.8, 4) is 11.8 Å². The number of methoxy groups -OCH3 is 1. The summed E-state index contributed by atoms with van der Waals surface area (Å²) in [6.07, 6.45) is 1.66. The SMILES string of the molecule is COCCNC(=O)/C(C#N)=c1\s/c(=C\c2cccs2)c(=O)n1-c1ccccc1F. The summed E-state index contributed by atoms with van der Waals surface area (Å²) in [5, 5.41) is 14.0. The van der Waals surface area contributed by atoms with Crippen LogP contribution in [-0.4, -0.2) is 30.7 Å². The molecule has 2 heterocycles. The van der Waals surface area contributed by atoms with Gasteiger partial charge in [0.05, 0.1) is 16.8 Å². The minimum atomic E-state index is -0.654. The smallest absolute Gasteiger partial charge is 0.273 e. The first-order valence-electron chi connectivity index (χ1n) is 8.50. The summed E-state index contributed by atoms with van der Waals surface area (Å²) in [5.74, 6) is -1.29. The summed E-state index contributed by atoms with van der Waals surface area (Å²) in [7, 11) is 1.49. The maximum Gasteiger partial charge on any atom is 0.273 e. The number of carbonyl (C=O) groups is 1. The van der Waals surface area contributed by atoms with Crippen LogP contribution in [0, 0.1) is 17.1 Å². The van der Waals surface area contributed by atoms with Gasteiger partial charge < -0.3 is 10.1 Å². The highest BCUT2D eigenvalue weighted by molar-refractivity contribution is 7.11. The molecule has 148 valence electrons. The second kappa shape index (κ2) is 9.43. The van der Waals surface area contributed by atoms with Gasteiger partial charge in [-0.05, 0) is 29.7 Å². The van der Waals surface area contributed by atoms with E-state index >= 15 is 0 Å². The Kier molecular flexibility index (Phi) is 6.72. The molecule has 3 aromatic rings. The monoisotopic (exact) mass is 429 g/mol. The molecular weight excluding hydrogens is 413 g/mol. The number of nitrogens with zero attached hydrogens (tertiary/aromatic N) is 2. The minimum Gasteiger partial charge on any atom is -0.383 e. The molecule has 0 atom stereocenters. The van der Waals surface area contributed by atoms with Gasteiger partial charge in [0.2, 0.25) is 0 Å². The van der Waals surface area contributed by atoms with Gasteiger partial charge in [0.15, 0.2) is 5.57 Å². The lowest BCUT2D eigenvalue weighted by molar-refractivity contribution is -0.115. The van der Waals surface area contributed by atoms with E-state index in [9.17, 15) is 19.2 Å². The van der Waals surface area contributed by atoms with Crippen LogP contribution in [0.4, 0.5) is 4.39 Å². The van der Waals surface area contributed by atoms with E-state index < -0.39 is 17.3 Å². The summed E-state index contributed by atoms with van der Waals surface area (Å²) in [4.78, 5) is 26.4. The molecule has 0 saturated carbocycles. The highest BCUT2D eigenvalue weighted by Gasteiger charge is 2.18. The van der Waals surface area contributed by atoms with Crippen molar-refractivity contribution in [2.75, 3.05) is 20.3 Å². The normalized spacial score (nSPS) is 12.5. The van der Waals surface area contributed by atoms with E-state index in [1.807, 2.05) is 23.6 Å². The van der Waals surface area contributed by atoms with Gasteiger partial charge in [0, 0.05) is 18.5 Å². The number of aromatic nitrogens is 1. The van der Waals surface area contributed by atoms with Gasteiger partial charge in [-0.2, -0.15) is 5.26 Å². The summed E-state index contributed by atoms with van der Waals surface area (Å²) >= 11 is 2.41. The zero-order chi connectivity index (χ0) is 20.8. The molecule has 0 fully saturated rings. The van der Waals surface area contributed by atoms with Crippen LogP contribution >= 0.6 is 22.7 Å². The van der Waals surface area contributed by atoms with Crippen LogP contribution in [0.5, 0.6) is 0 Å². The second-order valence-corrected chi connectivity index (χ2v) is 7.77. The molecule has 1 amide bonds. The van der Waals surface area contributed by atoms with Gasteiger partial charge in [0.25, 0.3) is 11.5 Å².